The van der Waals surface area contributed by atoms with Crippen LogP contribution in [0.1, 0.15) is 58.8 Å². The van der Waals surface area contributed by atoms with Crippen LogP contribution in [0.15, 0.2) is 24.3 Å². The van der Waals surface area contributed by atoms with E-state index in [1.165, 1.54) is 5.56 Å². The quantitative estimate of drug-likeness (QED) is 0.878. The topological polar surface area (TPSA) is 23.5 Å². The molecule has 2 heteroatoms. The molecule has 0 aliphatic heterocycles. The highest BCUT2D eigenvalue weighted by molar-refractivity contribution is 5.25. The third-order valence-electron chi connectivity index (χ3n) is 4.69. The SMILES string of the molecule is CCc1ccc(C(O)C(C)N(C)C(C)C(C)(C)C)cc1. The standard InChI is InChI=1S/C18H31NO/c1-8-15-9-11-16(12-10-15)17(20)13(2)19(7)14(3)18(4,5)6/h9-14,17,20H,8H2,1-7H3. The van der Waals surface area contributed by atoms with Gasteiger partial charge in [-0.2, -0.15) is 0 Å². The average Bonchev–Trinajstić information content (AvgIpc) is 2.43. The van der Waals surface area contributed by atoms with E-state index in [9.17, 15) is 5.11 Å². The molecule has 2 nitrogen and oxygen atoms in total. The highest BCUT2D eigenvalue weighted by atomic mass is 16.3. The van der Waals surface area contributed by atoms with E-state index >= 15 is 0 Å². The van der Waals surface area contributed by atoms with Gasteiger partial charge in [0.2, 0.25) is 0 Å². The zero-order valence-corrected chi connectivity index (χ0v) is 14.1. The summed E-state index contributed by atoms with van der Waals surface area (Å²) >= 11 is 0. The van der Waals surface area contributed by atoms with Crippen LogP contribution < -0.4 is 0 Å². The molecular weight excluding hydrogens is 246 g/mol. The molecule has 20 heavy (non-hydrogen) atoms. The number of rotatable bonds is 5. The summed E-state index contributed by atoms with van der Waals surface area (Å²) in [7, 11) is 2.10. The van der Waals surface area contributed by atoms with Gasteiger partial charge in [-0.25, -0.2) is 0 Å². The number of aryl methyl sites for hydroxylation is 1. The Hall–Kier alpha value is -0.860. The molecule has 3 atom stereocenters. The summed E-state index contributed by atoms with van der Waals surface area (Å²) in [6.45, 7) is 13.2. The van der Waals surface area contributed by atoms with Gasteiger partial charge in [0.15, 0.2) is 0 Å². The van der Waals surface area contributed by atoms with Crippen LogP contribution in [-0.4, -0.2) is 29.1 Å². The molecule has 0 saturated heterocycles. The molecule has 0 aliphatic rings. The van der Waals surface area contributed by atoms with Crippen molar-refractivity contribution < 1.29 is 5.11 Å². The molecule has 0 aliphatic carbocycles. The first-order chi connectivity index (χ1) is 9.18. The summed E-state index contributed by atoms with van der Waals surface area (Å²) in [5.74, 6) is 0. The number of nitrogens with zero attached hydrogens (tertiary/aromatic N) is 1. The minimum absolute atomic E-state index is 0.0942. The first-order valence-corrected chi connectivity index (χ1v) is 7.67. The lowest BCUT2D eigenvalue weighted by molar-refractivity contribution is 0.0227. The van der Waals surface area contributed by atoms with Crippen LogP contribution in [0.2, 0.25) is 0 Å². The second kappa shape index (κ2) is 6.73. The summed E-state index contributed by atoms with van der Waals surface area (Å²) in [6, 6.07) is 8.82. The molecule has 0 bridgehead atoms. The van der Waals surface area contributed by atoms with Crippen LogP contribution >= 0.6 is 0 Å². The van der Waals surface area contributed by atoms with Gasteiger partial charge in [-0.1, -0.05) is 52.0 Å². The van der Waals surface area contributed by atoms with E-state index < -0.39 is 6.10 Å². The van der Waals surface area contributed by atoms with Crippen LogP contribution in [0.4, 0.5) is 0 Å². The Morgan fingerprint density at radius 2 is 1.60 bits per heavy atom. The van der Waals surface area contributed by atoms with E-state index in [4.69, 9.17) is 0 Å². The molecule has 1 aromatic carbocycles. The summed E-state index contributed by atoms with van der Waals surface area (Å²) in [5, 5.41) is 10.6. The Labute approximate surface area is 124 Å². The highest BCUT2D eigenvalue weighted by Crippen LogP contribution is 2.28. The van der Waals surface area contributed by atoms with Gasteiger partial charge in [0.25, 0.3) is 0 Å². The molecule has 0 amide bonds. The first kappa shape index (κ1) is 17.2. The first-order valence-electron chi connectivity index (χ1n) is 7.67. The maximum atomic E-state index is 10.6. The third kappa shape index (κ3) is 4.07. The Morgan fingerprint density at radius 3 is 2.00 bits per heavy atom. The van der Waals surface area contributed by atoms with Gasteiger partial charge >= 0.3 is 0 Å². The number of benzene rings is 1. The molecule has 3 unspecified atom stereocenters. The fraction of sp³-hybridized carbons (Fsp3) is 0.667. The van der Waals surface area contributed by atoms with Gasteiger partial charge < -0.3 is 5.11 Å². The van der Waals surface area contributed by atoms with Gasteiger partial charge in [0, 0.05) is 12.1 Å². The Morgan fingerprint density at radius 1 is 1.10 bits per heavy atom. The predicted octanol–water partition coefficient (Wildman–Crippen LogP) is 4.04. The van der Waals surface area contributed by atoms with E-state index in [2.05, 4.69) is 77.8 Å². The average molecular weight is 277 g/mol. The van der Waals surface area contributed by atoms with Crippen molar-refractivity contribution in [1.82, 2.24) is 4.90 Å². The molecule has 1 rings (SSSR count). The fourth-order valence-corrected chi connectivity index (χ4v) is 2.42. The van der Waals surface area contributed by atoms with Crippen molar-refractivity contribution in [2.75, 3.05) is 7.05 Å². The normalized spacial score (nSPS) is 17.1. The molecule has 0 radical (unpaired) electrons. The van der Waals surface area contributed by atoms with Crippen LogP contribution in [0.3, 0.4) is 0 Å². The number of aliphatic hydroxyl groups is 1. The molecular formula is C18H31NO. The summed E-state index contributed by atoms with van der Waals surface area (Å²) in [5.41, 5.74) is 2.52. The fourth-order valence-electron chi connectivity index (χ4n) is 2.42. The maximum Gasteiger partial charge on any atom is 0.0942 e. The molecule has 0 fully saturated rings. The lowest BCUT2D eigenvalue weighted by atomic mass is 9.86. The summed E-state index contributed by atoms with van der Waals surface area (Å²) in [6.07, 6.45) is 0.586. The smallest absolute Gasteiger partial charge is 0.0942 e. The zero-order valence-electron chi connectivity index (χ0n) is 14.1. The maximum absolute atomic E-state index is 10.6. The number of aliphatic hydroxyl groups excluding tert-OH is 1. The third-order valence-corrected chi connectivity index (χ3v) is 4.69. The monoisotopic (exact) mass is 277 g/mol. The van der Waals surface area contributed by atoms with E-state index in [1.54, 1.807) is 0 Å². The van der Waals surface area contributed by atoms with Crippen molar-refractivity contribution in [2.45, 2.75) is 66.2 Å². The summed E-state index contributed by atoms with van der Waals surface area (Å²) < 4.78 is 0. The summed E-state index contributed by atoms with van der Waals surface area (Å²) in [4.78, 5) is 2.28. The predicted molar refractivity (Wildman–Crippen MR) is 86.9 cm³/mol. The molecule has 0 spiro atoms. The molecule has 114 valence electrons. The van der Waals surface area contributed by atoms with Crippen molar-refractivity contribution in [3.63, 3.8) is 0 Å². The van der Waals surface area contributed by atoms with Crippen LogP contribution in [0.5, 0.6) is 0 Å². The van der Waals surface area contributed by atoms with Crippen molar-refractivity contribution in [1.29, 1.82) is 0 Å². The van der Waals surface area contributed by atoms with Crippen molar-refractivity contribution >= 4 is 0 Å². The van der Waals surface area contributed by atoms with Crippen molar-refractivity contribution in [3.8, 4) is 0 Å². The van der Waals surface area contributed by atoms with Gasteiger partial charge in [-0.15, -0.1) is 0 Å². The lowest BCUT2D eigenvalue weighted by Crippen LogP contribution is -2.46. The van der Waals surface area contributed by atoms with Crippen LogP contribution in [-0.2, 0) is 6.42 Å². The van der Waals surface area contributed by atoms with Gasteiger partial charge in [0.05, 0.1) is 6.10 Å². The lowest BCUT2D eigenvalue weighted by Gasteiger charge is -2.40. The highest BCUT2D eigenvalue weighted by Gasteiger charge is 2.30. The van der Waals surface area contributed by atoms with Crippen LogP contribution in [0, 0.1) is 5.41 Å². The number of likely N-dealkylation sites (N-methyl/N-ethyl adjacent to an activating group) is 1. The molecule has 1 aromatic rings. The van der Waals surface area contributed by atoms with Gasteiger partial charge in [0.1, 0.15) is 0 Å². The Kier molecular flexibility index (Phi) is 5.79. The largest absolute Gasteiger partial charge is 0.387 e. The van der Waals surface area contributed by atoms with E-state index in [-0.39, 0.29) is 11.5 Å². The Bertz CT molecular complexity index is 404. The molecule has 0 heterocycles. The molecule has 1 N–H and O–H groups in total. The van der Waals surface area contributed by atoms with E-state index in [0.29, 0.717) is 6.04 Å². The number of hydrogen-bond donors (Lipinski definition) is 1. The van der Waals surface area contributed by atoms with Crippen molar-refractivity contribution in [2.24, 2.45) is 5.41 Å². The second-order valence-electron chi connectivity index (χ2n) is 6.99. The zero-order chi connectivity index (χ0) is 15.5. The minimum atomic E-state index is -0.448. The van der Waals surface area contributed by atoms with Gasteiger partial charge in [-0.05, 0) is 43.9 Å². The van der Waals surface area contributed by atoms with E-state index in [0.717, 1.165) is 12.0 Å². The molecule has 0 aromatic heterocycles. The second-order valence-corrected chi connectivity index (χ2v) is 6.99. The van der Waals surface area contributed by atoms with E-state index in [1.807, 2.05) is 0 Å². The van der Waals surface area contributed by atoms with Crippen LogP contribution in [0.25, 0.3) is 0 Å². The Balaban J connectivity index is 2.82. The van der Waals surface area contributed by atoms with Crippen molar-refractivity contribution in [3.05, 3.63) is 35.4 Å². The molecule has 0 saturated carbocycles. The minimum Gasteiger partial charge on any atom is -0.387 e. The van der Waals surface area contributed by atoms with Gasteiger partial charge in [-0.3, -0.25) is 4.90 Å². The number of hydrogen-bond acceptors (Lipinski definition) is 2.